The number of hydrogen-bond donors (Lipinski definition) is 4. The predicted octanol–water partition coefficient (Wildman–Crippen LogP) is 3.30. The molecule has 13 heteroatoms. The monoisotopic (exact) mass is 720 g/mol. The van der Waals surface area contributed by atoms with Crippen LogP contribution < -0.4 is 11.5 Å². The molecule has 0 unspecified atom stereocenters. The Kier molecular flexibility index (Phi) is 15.7. The molecule has 0 aromatic heterocycles. The Balaban J connectivity index is 0.000000767. The molecule has 0 aliphatic heterocycles. The van der Waals surface area contributed by atoms with Crippen LogP contribution in [0.3, 0.4) is 0 Å². The number of ketones is 2. The van der Waals surface area contributed by atoms with Gasteiger partial charge in [-0.15, -0.1) is 0 Å². The second-order valence-electron chi connectivity index (χ2n) is 8.57. The normalized spacial score (nSPS) is 9.53. The first kappa shape index (κ1) is 38.6. The van der Waals surface area contributed by atoms with Crippen LogP contribution in [-0.2, 0) is 22.4 Å². The lowest BCUT2D eigenvalue weighted by Gasteiger charge is -2.09. The molecule has 0 fully saturated rings. The summed E-state index contributed by atoms with van der Waals surface area (Å²) in [6.45, 7) is 0. The summed E-state index contributed by atoms with van der Waals surface area (Å²) in [5.74, 6) is -2.40. The van der Waals surface area contributed by atoms with Crippen LogP contribution in [0, 0.1) is 0 Å². The zero-order chi connectivity index (χ0) is 29.4. The smallest absolute Gasteiger partial charge is 0.307 e. The second-order valence-corrected chi connectivity index (χ2v) is 10.4. The van der Waals surface area contributed by atoms with E-state index in [4.69, 9.17) is 21.7 Å². The number of carbonyl (C=O) groups is 4. The molecule has 0 spiro atoms. The SMILES string of the molecule is Nc1c(CC(=O)O)cccc1C(=O)c1ccc(Br)cc1.Nc1c(CC(=O)O)cccc1C(=O)c1ccc(Br)cc1.O.O.O. The summed E-state index contributed by atoms with van der Waals surface area (Å²) in [6, 6.07) is 23.5. The van der Waals surface area contributed by atoms with Crippen LogP contribution in [0.4, 0.5) is 11.4 Å². The Bertz CT molecular complexity index is 1460. The third-order valence-electron chi connectivity index (χ3n) is 5.78. The molecule has 43 heavy (non-hydrogen) atoms. The van der Waals surface area contributed by atoms with Crippen molar-refractivity contribution in [2.24, 2.45) is 0 Å². The van der Waals surface area contributed by atoms with Crippen molar-refractivity contribution >= 4 is 66.7 Å². The second kappa shape index (κ2) is 17.5. The Morgan fingerprint density at radius 3 is 1.12 bits per heavy atom. The number of carboxylic acid groups (broad SMARTS) is 2. The van der Waals surface area contributed by atoms with Crippen LogP contribution in [0.2, 0.25) is 0 Å². The molecule has 0 bridgehead atoms. The van der Waals surface area contributed by atoms with E-state index in [9.17, 15) is 19.2 Å². The van der Waals surface area contributed by atoms with Gasteiger partial charge in [0.15, 0.2) is 11.6 Å². The van der Waals surface area contributed by atoms with Gasteiger partial charge in [-0.25, -0.2) is 0 Å². The van der Waals surface area contributed by atoms with Gasteiger partial charge in [0, 0.05) is 42.6 Å². The summed E-state index contributed by atoms with van der Waals surface area (Å²) in [5.41, 5.74) is 14.8. The average Bonchev–Trinajstić information content (AvgIpc) is 2.91. The Labute approximate surface area is 263 Å². The Morgan fingerprint density at radius 2 is 0.837 bits per heavy atom. The molecule has 228 valence electrons. The van der Waals surface area contributed by atoms with Gasteiger partial charge in [-0.05, 0) is 71.8 Å². The summed E-state index contributed by atoms with van der Waals surface area (Å²) in [7, 11) is 0. The van der Waals surface area contributed by atoms with Crippen LogP contribution in [0.15, 0.2) is 93.9 Å². The van der Waals surface area contributed by atoms with Crippen molar-refractivity contribution in [1.29, 1.82) is 0 Å². The van der Waals surface area contributed by atoms with Crippen molar-refractivity contribution < 1.29 is 45.8 Å². The van der Waals surface area contributed by atoms with Crippen LogP contribution in [0.1, 0.15) is 43.0 Å². The number of anilines is 2. The highest BCUT2D eigenvalue weighted by molar-refractivity contribution is 9.10. The summed E-state index contributed by atoms with van der Waals surface area (Å²) >= 11 is 6.61. The highest BCUT2D eigenvalue weighted by Crippen LogP contribution is 2.24. The lowest BCUT2D eigenvalue weighted by atomic mass is 9.98. The molecular weight excluding hydrogens is 692 g/mol. The van der Waals surface area contributed by atoms with E-state index in [1.807, 2.05) is 0 Å². The van der Waals surface area contributed by atoms with Crippen LogP contribution in [-0.4, -0.2) is 50.1 Å². The molecule has 0 atom stereocenters. The molecule has 0 saturated carbocycles. The summed E-state index contributed by atoms with van der Waals surface area (Å²) < 4.78 is 1.75. The maximum Gasteiger partial charge on any atom is 0.307 e. The average molecular weight is 722 g/mol. The Morgan fingerprint density at radius 1 is 0.535 bits per heavy atom. The standard InChI is InChI=1S/2C15H12BrNO3.3H2O/c2*16-11-6-4-9(5-7-11)15(20)12-3-1-2-10(14(12)17)8-13(18)19;;;/h2*1-7H,8,17H2,(H,18,19);3*1H2. The number of aliphatic carboxylic acids is 2. The molecule has 11 nitrogen and oxygen atoms in total. The third-order valence-corrected chi connectivity index (χ3v) is 6.84. The fraction of sp³-hybridized carbons (Fsp3) is 0.0667. The summed E-state index contributed by atoms with van der Waals surface area (Å²) in [4.78, 5) is 46.3. The molecule has 0 radical (unpaired) electrons. The van der Waals surface area contributed by atoms with Gasteiger partial charge < -0.3 is 38.1 Å². The van der Waals surface area contributed by atoms with Crippen LogP contribution in [0.5, 0.6) is 0 Å². The summed E-state index contributed by atoms with van der Waals surface area (Å²) in [5, 5.41) is 17.6. The van der Waals surface area contributed by atoms with Crippen molar-refractivity contribution in [1.82, 2.24) is 0 Å². The first-order valence-corrected chi connectivity index (χ1v) is 13.4. The molecule has 0 aliphatic rings. The van der Waals surface area contributed by atoms with E-state index in [1.54, 1.807) is 84.9 Å². The number of nitrogens with two attached hydrogens (primary N) is 2. The lowest BCUT2D eigenvalue weighted by molar-refractivity contribution is -0.137. The number of hydrogen-bond acceptors (Lipinski definition) is 6. The minimum Gasteiger partial charge on any atom is -0.481 e. The number of halogens is 2. The minimum absolute atomic E-state index is 0. The fourth-order valence-electron chi connectivity index (χ4n) is 3.77. The number of rotatable bonds is 8. The number of para-hydroxylation sites is 2. The van der Waals surface area contributed by atoms with E-state index in [-0.39, 0.29) is 52.2 Å². The topological polar surface area (TPSA) is 255 Å². The van der Waals surface area contributed by atoms with E-state index < -0.39 is 11.9 Å². The van der Waals surface area contributed by atoms with E-state index in [2.05, 4.69) is 31.9 Å². The quantitative estimate of drug-likeness (QED) is 0.155. The van der Waals surface area contributed by atoms with Crippen molar-refractivity contribution in [3.63, 3.8) is 0 Å². The fourth-order valence-corrected chi connectivity index (χ4v) is 4.30. The highest BCUT2D eigenvalue weighted by Gasteiger charge is 2.17. The van der Waals surface area contributed by atoms with E-state index in [0.29, 0.717) is 33.4 Å². The molecule has 12 N–H and O–H groups in total. The van der Waals surface area contributed by atoms with Gasteiger partial charge in [-0.2, -0.15) is 0 Å². The predicted molar refractivity (Wildman–Crippen MR) is 170 cm³/mol. The highest BCUT2D eigenvalue weighted by atomic mass is 79.9. The molecule has 4 aromatic rings. The van der Waals surface area contributed by atoms with Crippen molar-refractivity contribution in [2.75, 3.05) is 11.5 Å². The molecule has 4 aromatic carbocycles. The number of benzene rings is 4. The van der Waals surface area contributed by atoms with Gasteiger partial charge in [0.2, 0.25) is 0 Å². The van der Waals surface area contributed by atoms with E-state index >= 15 is 0 Å². The van der Waals surface area contributed by atoms with Gasteiger partial charge in [0.1, 0.15) is 0 Å². The summed E-state index contributed by atoms with van der Waals surface area (Å²) in [6.07, 6.45) is -0.402. The zero-order valence-corrected chi connectivity index (χ0v) is 25.6. The van der Waals surface area contributed by atoms with Gasteiger partial charge >= 0.3 is 11.9 Å². The molecular formula is C30H30Br2N2O9. The van der Waals surface area contributed by atoms with Gasteiger partial charge in [0.25, 0.3) is 0 Å². The van der Waals surface area contributed by atoms with Crippen molar-refractivity contribution in [3.05, 3.63) is 127 Å². The maximum atomic E-state index is 12.4. The largest absolute Gasteiger partial charge is 0.481 e. The molecule has 0 aliphatic carbocycles. The number of carboxylic acids is 2. The molecule has 4 rings (SSSR count). The van der Waals surface area contributed by atoms with Gasteiger partial charge in [0.05, 0.1) is 12.8 Å². The van der Waals surface area contributed by atoms with Gasteiger partial charge in [-0.1, -0.05) is 56.1 Å². The van der Waals surface area contributed by atoms with Crippen LogP contribution in [0.25, 0.3) is 0 Å². The molecule has 0 amide bonds. The number of nitrogen functional groups attached to an aromatic ring is 2. The van der Waals surface area contributed by atoms with Crippen LogP contribution >= 0.6 is 31.9 Å². The van der Waals surface area contributed by atoms with E-state index in [1.165, 1.54) is 0 Å². The lowest BCUT2D eigenvalue weighted by Crippen LogP contribution is -2.10. The molecule has 0 heterocycles. The van der Waals surface area contributed by atoms with E-state index in [0.717, 1.165) is 8.95 Å². The third kappa shape index (κ3) is 10.4. The minimum atomic E-state index is -0.982. The first-order valence-electron chi connectivity index (χ1n) is 11.8. The van der Waals surface area contributed by atoms with Crippen molar-refractivity contribution in [2.45, 2.75) is 12.8 Å². The Hall–Kier alpha value is -4.40. The van der Waals surface area contributed by atoms with Gasteiger partial charge in [-0.3, -0.25) is 19.2 Å². The molecule has 0 saturated heterocycles. The zero-order valence-electron chi connectivity index (χ0n) is 22.4. The first-order chi connectivity index (χ1) is 19.0. The maximum absolute atomic E-state index is 12.4. The number of carbonyl (C=O) groups excluding carboxylic acids is 2. The van der Waals surface area contributed by atoms with Crippen molar-refractivity contribution in [3.8, 4) is 0 Å².